The molecular weight excluding hydrogens is 274 g/mol. The van der Waals surface area contributed by atoms with Crippen LogP contribution in [-0.2, 0) is 11.3 Å². The third kappa shape index (κ3) is 4.77. The summed E-state index contributed by atoms with van der Waals surface area (Å²) in [7, 11) is 1.71. The summed E-state index contributed by atoms with van der Waals surface area (Å²) in [6.45, 7) is 6.29. The number of ether oxygens (including phenoxy) is 1. The van der Waals surface area contributed by atoms with Crippen LogP contribution in [0, 0.1) is 6.92 Å². The fourth-order valence-electron chi connectivity index (χ4n) is 2.36. The molecule has 1 aliphatic heterocycles. The lowest BCUT2D eigenvalue weighted by Gasteiger charge is -2.16. The fourth-order valence-corrected chi connectivity index (χ4v) is 3.19. The van der Waals surface area contributed by atoms with Gasteiger partial charge in [-0.2, -0.15) is 0 Å². The Bertz CT molecular complexity index is 436. The monoisotopic (exact) mass is 297 g/mol. The van der Waals surface area contributed by atoms with Gasteiger partial charge in [0.15, 0.2) is 0 Å². The van der Waals surface area contributed by atoms with Crippen molar-refractivity contribution in [3.05, 3.63) is 21.9 Å². The van der Waals surface area contributed by atoms with Crippen LogP contribution < -0.4 is 10.6 Å². The lowest BCUT2D eigenvalue weighted by molar-refractivity contribution is 0.159. The summed E-state index contributed by atoms with van der Waals surface area (Å²) >= 11 is 1.72. The number of thiophene rings is 1. The Morgan fingerprint density at radius 2 is 2.40 bits per heavy atom. The molecule has 112 valence electrons. The molecule has 0 spiro atoms. The van der Waals surface area contributed by atoms with Gasteiger partial charge in [-0.3, -0.25) is 4.90 Å². The highest BCUT2D eigenvalue weighted by Crippen LogP contribution is 2.14. The van der Waals surface area contributed by atoms with Crippen molar-refractivity contribution in [2.75, 3.05) is 33.4 Å². The molecule has 1 aromatic heterocycles. The number of aryl methyl sites for hydroxylation is 1. The summed E-state index contributed by atoms with van der Waals surface area (Å²) in [4.78, 5) is 16.6. The molecule has 0 aromatic carbocycles. The largest absolute Gasteiger partial charge is 0.383 e. The van der Waals surface area contributed by atoms with Gasteiger partial charge in [-0.25, -0.2) is 4.79 Å². The van der Waals surface area contributed by atoms with Gasteiger partial charge in [0.05, 0.1) is 13.2 Å². The Balaban J connectivity index is 1.65. The number of amides is 2. The molecule has 2 heterocycles. The van der Waals surface area contributed by atoms with Crippen LogP contribution in [0.3, 0.4) is 0 Å². The van der Waals surface area contributed by atoms with Crippen molar-refractivity contribution in [1.82, 2.24) is 15.5 Å². The van der Waals surface area contributed by atoms with E-state index in [1.807, 2.05) is 0 Å². The number of hydrogen-bond acceptors (Lipinski definition) is 4. The van der Waals surface area contributed by atoms with E-state index in [1.54, 1.807) is 18.4 Å². The van der Waals surface area contributed by atoms with E-state index in [-0.39, 0.29) is 12.1 Å². The van der Waals surface area contributed by atoms with Crippen molar-refractivity contribution in [1.29, 1.82) is 0 Å². The van der Waals surface area contributed by atoms with Crippen molar-refractivity contribution in [2.24, 2.45) is 0 Å². The Morgan fingerprint density at radius 1 is 1.55 bits per heavy atom. The van der Waals surface area contributed by atoms with Gasteiger partial charge in [0.1, 0.15) is 0 Å². The van der Waals surface area contributed by atoms with Crippen molar-refractivity contribution in [3.63, 3.8) is 0 Å². The molecule has 2 N–H and O–H groups in total. The first-order valence-electron chi connectivity index (χ1n) is 6.98. The maximum absolute atomic E-state index is 11.8. The van der Waals surface area contributed by atoms with Crippen molar-refractivity contribution in [3.8, 4) is 0 Å². The Hall–Kier alpha value is -1.11. The van der Waals surface area contributed by atoms with E-state index in [0.717, 1.165) is 32.7 Å². The Kier molecular flexibility index (Phi) is 5.82. The van der Waals surface area contributed by atoms with Crippen LogP contribution in [0.25, 0.3) is 0 Å². The number of likely N-dealkylation sites (tertiary alicyclic amines) is 1. The van der Waals surface area contributed by atoms with Crippen LogP contribution in [0.15, 0.2) is 12.1 Å². The van der Waals surface area contributed by atoms with Crippen molar-refractivity contribution >= 4 is 17.4 Å². The number of carbonyl (C=O) groups is 1. The number of nitrogens with one attached hydrogen (secondary N) is 2. The van der Waals surface area contributed by atoms with E-state index in [9.17, 15) is 4.79 Å². The number of methoxy groups -OCH3 is 1. The van der Waals surface area contributed by atoms with E-state index in [0.29, 0.717) is 6.54 Å². The minimum atomic E-state index is -0.0744. The molecule has 2 rings (SSSR count). The highest BCUT2D eigenvalue weighted by molar-refractivity contribution is 7.11. The van der Waals surface area contributed by atoms with E-state index in [4.69, 9.17) is 4.74 Å². The van der Waals surface area contributed by atoms with E-state index in [2.05, 4.69) is 34.6 Å². The maximum Gasteiger partial charge on any atom is 0.315 e. The number of carbonyl (C=O) groups excluding carboxylic acids is 1. The second kappa shape index (κ2) is 7.61. The first kappa shape index (κ1) is 15.3. The molecule has 20 heavy (non-hydrogen) atoms. The van der Waals surface area contributed by atoms with Crippen LogP contribution in [0.4, 0.5) is 4.79 Å². The average Bonchev–Trinajstić information content (AvgIpc) is 3.03. The zero-order valence-electron chi connectivity index (χ0n) is 12.1. The summed E-state index contributed by atoms with van der Waals surface area (Å²) < 4.78 is 5.07. The maximum atomic E-state index is 11.8. The molecular formula is C14H23N3O2S. The Labute approximate surface area is 124 Å². The Morgan fingerprint density at radius 3 is 3.10 bits per heavy atom. The number of nitrogens with zero attached hydrogens (tertiary/aromatic N) is 1. The summed E-state index contributed by atoms with van der Waals surface area (Å²) in [6, 6.07) is 4.30. The topological polar surface area (TPSA) is 53.6 Å². The van der Waals surface area contributed by atoms with Gasteiger partial charge >= 0.3 is 6.03 Å². The summed E-state index contributed by atoms with van der Waals surface area (Å²) in [6.07, 6.45) is 1.01. The zero-order chi connectivity index (χ0) is 14.4. The van der Waals surface area contributed by atoms with Crippen LogP contribution in [0.2, 0.25) is 0 Å². The lowest BCUT2D eigenvalue weighted by Crippen LogP contribution is -2.43. The zero-order valence-corrected chi connectivity index (χ0v) is 13.0. The summed E-state index contributed by atoms with van der Waals surface area (Å²) in [5, 5.41) is 5.95. The minimum absolute atomic E-state index is 0.0744. The van der Waals surface area contributed by atoms with Crippen LogP contribution in [0.5, 0.6) is 0 Å². The molecule has 5 nitrogen and oxygen atoms in total. The predicted molar refractivity (Wildman–Crippen MR) is 81.1 cm³/mol. The van der Waals surface area contributed by atoms with Crippen molar-refractivity contribution in [2.45, 2.75) is 25.9 Å². The highest BCUT2D eigenvalue weighted by atomic mass is 32.1. The molecule has 0 radical (unpaired) electrons. The third-order valence-electron chi connectivity index (χ3n) is 3.44. The summed E-state index contributed by atoms with van der Waals surface area (Å²) in [5.41, 5.74) is 0. The average molecular weight is 297 g/mol. The number of urea groups is 1. The van der Waals surface area contributed by atoms with Gasteiger partial charge in [0, 0.05) is 42.5 Å². The van der Waals surface area contributed by atoms with Crippen LogP contribution in [0.1, 0.15) is 16.2 Å². The second-order valence-corrected chi connectivity index (χ2v) is 6.49. The minimum Gasteiger partial charge on any atom is -0.383 e. The van der Waals surface area contributed by atoms with Gasteiger partial charge in [0.2, 0.25) is 0 Å². The number of hydrogen-bond donors (Lipinski definition) is 2. The molecule has 0 bridgehead atoms. The molecule has 1 aliphatic rings. The molecule has 0 saturated carbocycles. The quantitative estimate of drug-likeness (QED) is 0.838. The van der Waals surface area contributed by atoms with Crippen LogP contribution >= 0.6 is 11.3 Å². The second-order valence-electron chi connectivity index (χ2n) is 5.12. The van der Waals surface area contributed by atoms with Crippen molar-refractivity contribution < 1.29 is 9.53 Å². The van der Waals surface area contributed by atoms with Gasteiger partial charge in [-0.1, -0.05) is 0 Å². The van der Waals surface area contributed by atoms with Crippen LogP contribution in [-0.4, -0.2) is 50.3 Å². The molecule has 1 fully saturated rings. The molecule has 2 amide bonds. The molecule has 1 unspecified atom stereocenters. The molecule has 6 heteroatoms. The van der Waals surface area contributed by atoms with E-state index >= 15 is 0 Å². The molecule has 1 saturated heterocycles. The number of rotatable bonds is 6. The predicted octanol–water partition coefficient (Wildman–Crippen LogP) is 1.58. The summed E-state index contributed by atoms with van der Waals surface area (Å²) in [5.74, 6) is 0. The van der Waals surface area contributed by atoms with E-state index < -0.39 is 0 Å². The normalized spacial score (nSPS) is 19.2. The standard InChI is InChI=1S/C14H23N3O2S/c1-11-3-4-13(20-11)9-15-14(18)16-12-5-6-17(10-12)7-8-19-2/h3-4,12H,5-10H2,1-2H3,(H2,15,16,18). The molecule has 1 atom stereocenters. The third-order valence-corrected chi connectivity index (χ3v) is 4.44. The van der Waals surface area contributed by atoms with Gasteiger partial charge in [-0.15, -0.1) is 11.3 Å². The smallest absolute Gasteiger partial charge is 0.315 e. The first-order chi connectivity index (χ1) is 9.67. The van der Waals surface area contributed by atoms with Gasteiger partial charge in [0.25, 0.3) is 0 Å². The van der Waals surface area contributed by atoms with Gasteiger partial charge in [-0.05, 0) is 25.5 Å². The SMILES string of the molecule is COCCN1CCC(NC(=O)NCc2ccc(C)s2)C1. The molecule has 0 aliphatic carbocycles. The molecule has 1 aromatic rings. The lowest BCUT2D eigenvalue weighted by atomic mass is 10.3. The fraction of sp³-hybridized carbons (Fsp3) is 0.643. The van der Waals surface area contributed by atoms with Gasteiger partial charge < -0.3 is 15.4 Å². The first-order valence-corrected chi connectivity index (χ1v) is 7.80. The highest BCUT2D eigenvalue weighted by Gasteiger charge is 2.23. The van der Waals surface area contributed by atoms with E-state index in [1.165, 1.54) is 9.75 Å².